The second kappa shape index (κ2) is 7.82. The van der Waals surface area contributed by atoms with Crippen LogP contribution in [0.3, 0.4) is 0 Å². The van der Waals surface area contributed by atoms with Gasteiger partial charge in [-0.2, -0.15) is 0 Å². The highest BCUT2D eigenvalue weighted by Gasteiger charge is 2.28. The van der Waals surface area contributed by atoms with Gasteiger partial charge in [0.15, 0.2) is 6.54 Å². The number of likely N-dealkylation sites (tertiary alicyclic amines) is 1. The maximum absolute atomic E-state index is 13.0. The summed E-state index contributed by atoms with van der Waals surface area (Å²) in [6.07, 6.45) is 5.38. The monoisotopic (exact) mass is 384 g/mol. The highest BCUT2D eigenvalue weighted by Crippen LogP contribution is 2.39. The normalized spacial score (nSPS) is 16.3. The van der Waals surface area contributed by atoms with Crippen molar-refractivity contribution in [3.8, 4) is 0 Å². The number of anilines is 2. The van der Waals surface area contributed by atoms with Crippen molar-refractivity contribution in [1.29, 1.82) is 0 Å². The zero-order valence-corrected chi connectivity index (χ0v) is 16.5. The highest BCUT2D eigenvalue weighted by molar-refractivity contribution is 7.17. The first-order chi connectivity index (χ1) is 13.1. The largest absolute Gasteiger partial charge is 0.327 e. The molecule has 142 valence electrons. The Labute approximate surface area is 163 Å². The molecule has 27 heavy (non-hydrogen) atoms. The number of benzene rings is 1. The summed E-state index contributed by atoms with van der Waals surface area (Å²) in [5.41, 5.74) is 3.68. The van der Waals surface area contributed by atoms with Crippen LogP contribution in [0.4, 0.5) is 10.7 Å². The Kier molecular flexibility index (Phi) is 5.27. The number of nitrogens with one attached hydrogen (secondary N) is 3. The predicted octanol–water partition coefficient (Wildman–Crippen LogP) is 2.41. The molecule has 1 saturated heterocycles. The van der Waals surface area contributed by atoms with E-state index in [1.165, 1.54) is 22.6 Å². The third kappa shape index (κ3) is 4.06. The molecule has 0 saturated carbocycles. The summed E-state index contributed by atoms with van der Waals surface area (Å²) < 4.78 is 0. The maximum atomic E-state index is 13.0. The van der Waals surface area contributed by atoms with Crippen LogP contribution < -0.4 is 15.5 Å². The van der Waals surface area contributed by atoms with Gasteiger partial charge in [0, 0.05) is 23.4 Å². The van der Waals surface area contributed by atoms with Crippen LogP contribution in [0.25, 0.3) is 0 Å². The zero-order valence-electron chi connectivity index (χ0n) is 15.7. The van der Waals surface area contributed by atoms with Gasteiger partial charge in [-0.3, -0.25) is 9.59 Å². The molecule has 0 bridgehead atoms. The quantitative estimate of drug-likeness (QED) is 0.741. The average Bonchev–Trinajstić information content (AvgIpc) is 3.32. The number of rotatable bonds is 5. The Morgan fingerprint density at radius 2 is 1.93 bits per heavy atom. The Morgan fingerprint density at radius 3 is 2.70 bits per heavy atom. The third-order valence-electron chi connectivity index (χ3n) is 5.40. The molecule has 0 spiro atoms. The lowest BCUT2D eigenvalue weighted by atomic mass is 10.1. The lowest BCUT2D eigenvalue weighted by molar-refractivity contribution is -0.878. The molecule has 5 nitrogen and oxygen atoms in total. The number of quaternary nitrogens is 1. The van der Waals surface area contributed by atoms with Crippen LogP contribution in [0.5, 0.6) is 0 Å². The van der Waals surface area contributed by atoms with Crippen molar-refractivity contribution < 1.29 is 14.5 Å². The molecule has 6 heteroatoms. The molecule has 0 unspecified atom stereocenters. The van der Waals surface area contributed by atoms with Crippen LogP contribution in [0.1, 0.15) is 45.6 Å². The first-order valence-electron chi connectivity index (χ1n) is 9.76. The van der Waals surface area contributed by atoms with Crippen LogP contribution in [-0.2, 0) is 17.6 Å². The SMILES string of the molecule is Cc1cccc(NC(=O)c2c(NC(=O)C[NH+]3CCCC3)sc3c2CCC3)c1. The van der Waals surface area contributed by atoms with Crippen molar-refractivity contribution in [2.24, 2.45) is 0 Å². The number of hydrogen-bond donors (Lipinski definition) is 3. The van der Waals surface area contributed by atoms with E-state index in [1.54, 1.807) is 11.3 Å². The van der Waals surface area contributed by atoms with E-state index in [1.807, 2.05) is 31.2 Å². The molecule has 1 fully saturated rings. The van der Waals surface area contributed by atoms with Gasteiger partial charge in [0.05, 0.1) is 18.7 Å². The van der Waals surface area contributed by atoms with E-state index in [9.17, 15) is 9.59 Å². The van der Waals surface area contributed by atoms with E-state index < -0.39 is 0 Å². The van der Waals surface area contributed by atoms with Crippen molar-refractivity contribution in [3.05, 3.63) is 45.8 Å². The smallest absolute Gasteiger partial charge is 0.280 e. The van der Waals surface area contributed by atoms with Gasteiger partial charge < -0.3 is 15.5 Å². The number of carbonyl (C=O) groups is 2. The minimum Gasteiger partial charge on any atom is -0.327 e. The number of fused-ring (bicyclic) bond motifs is 1. The summed E-state index contributed by atoms with van der Waals surface area (Å²) in [6.45, 7) is 4.62. The topological polar surface area (TPSA) is 62.6 Å². The second-order valence-electron chi connectivity index (χ2n) is 7.57. The highest BCUT2D eigenvalue weighted by atomic mass is 32.1. The summed E-state index contributed by atoms with van der Waals surface area (Å²) in [5.74, 6) is -0.111. The molecule has 2 amide bonds. The van der Waals surface area contributed by atoms with Gasteiger partial charge in [-0.05, 0) is 49.4 Å². The Hall–Kier alpha value is -2.18. The third-order valence-corrected chi connectivity index (χ3v) is 6.61. The molecule has 1 aromatic carbocycles. The Bertz CT molecular complexity index is 868. The predicted molar refractivity (Wildman–Crippen MR) is 109 cm³/mol. The summed E-state index contributed by atoms with van der Waals surface area (Å²) in [5, 5.41) is 6.77. The van der Waals surface area contributed by atoms with Gasteiger partial charge in [0.1, 0.15) is 5.00 Å². The van der Waals surface area contributed by atoms with Crippen LogP contribution in [-0.4, -0.2) is 31.4 Å². The fraction of sp³-hybridized carbons (Fsp3) is 0.429. The van der Waals surface area contributed by atoms with Gasteiger partial charge >= 0.3 is 0 Å². The van der Waals surface area contributed by atoms with Gasteiger partial charge in [-0.1, -0.05) is 12.1 Å². The standard InChI is InChI=1S/C21H25N3O2S/c1-14-6-4-7-15(12-14)22-20(26)19-16-8-5-9-17(16)27-21(19)23-18(25)13-24-10-2-3-11-24/h4,6-7,12H,2-3,5,8-11,13H2,1H3,(H,22,26)(H,23,25)/p+1. The summed E-state index contributed by atoms with van der Waals surface area (Å²) in [6, 6.07) is 7.79. The van der Waals surface area contributed by atoms with E-state index >= 15 is 0 Å². The molecule has 2 aliphatic rings. The maximum Gasteiger partial charge on any atom is 0.280 e. The number of carbonyl (C=O) groups excluding carboxylic acids is 2. The van der Waals surface area contributed by atoms with Gasteiger partial charge in [-0.15, -0.1) is 11.3 Å². The summed E-state index contributed by atoms with van der Waals surface area (Å²) >= 11 is 1.57. The van der Waals surface area contributed by atoms with E-state index in [4.69, 9.17) is 0 Å². The van der Waals surface area contributed by atoms with E-state index in [0.717, 1.165) is 49.2 Å². The zero-order chi connectivity index (χ0) is 18.8. The molecule has 1 aromatic heterocycles. The molecule has 3 N–H and O–H groups in total. The molecule has 4 rings (SSSR count). The number of amides is 2. The first kappa shape index (κ1) is 18.2. The molecular weight excluding hydrogens is 358 g/mol. The fourth-order valence-corrected chi connectivity index (χ4v) is 5.40. The van der Waals surface area contributed by atoms with Crippen LogP contribution >= 0.6 is 11.3 Å². The number of hydrogen-bond acceptors (Lipinski definition) is 3. The Morgan fingerprint density at radius 1 is 1.11 bits per heavy atom. The van der Waals surface area contributed by atoms with Crippen LogP contribution in [0.2, 0.25) is 0 Å². The number of aryl methyl sites for hydroxylation is 2. The van der Waals surface area contributed by atoms with Crippen molar-refractivity contribution in [2.75, 3.05) is 30.3 Å². The first-order valence-corrected chi connectivity index (χ1v) is 10.6. The van der Waals surface area contributed by atoms with Crippen LogP contribution in [0.15, 0.2) is 24.3 Å². The van der Waals surface area contributed by atoms with E-state index in [2.05, 4.69) is 10.6 Å². The molecular formula is C21H26N3O2S+. The molecule has 1 aliphatic carbocycles. The van der Waals surface area contributed by atoms with Gasteiger partial charge in [0.2, 0.25) is 0 Å². The molecule has 1 aliphatic heterocycles. The average molecular weight is 385 g/mol. The Balaban J connectivity index is 1.53. The van der Waals surface area contributed by atoms with E-state index in [0.29, 0.717) is 17.1 Å². The lowest BCUT2D eigenvalue weighted by Crippen LogP contribution is -3.11. The molecule has 2 heterocycles. The molecule has 0 radical (unpaired) electrons. The van der Waals surface area contributed by atoms with E-state index in [-0.39, 0.29) is 11.8 Å². The summed E-state index contributed by atoms with van der Waals surface area (Å²) in [4.78, 5) is 28.1. The van der Waals surface area contributed by atoms with Crippen molar-refractivity contribution in [3.63, 3.8) is 0 Å². The molecule has 2 aromatic rings. The van der Waals surface area contributed by atoms with Gasteiger partial charge in [-0.25, -0.2) is 0 Å². The van der Waals surface area contributed by atoms with Crippen molar-refractivity contribution >= 4 is 33.8 Å². The van der Waals surface area contributed by atoms with Crippen molar-refractivity contribution in [1.82, 2.24) is 0 Å². The minimum atomic E-state index is -0.121. The van der Waals surface area contributed by atoms with Crippen LogP contribution in [0, 0.1) is 6.92 Å². The lowest BCUT2D eigenvalue weighted by Gasteiger charge is -2.13. The fourth-order valence-electron chi connectivity index (χ4n) is 4.10. The molecule has 0 atom stereocenters. The minimum absolute atomic E-state index is 0.0106. The van der Waals surface area contributed by atoms with Crippen molar-refractivity contribution in [2.45, 2.75) is 39.0 Å². The second-order valence-corrected chi connectivity index (χ2v) is 8.67. The van der Waals surface area contributed by atoms with Gasteiger partial charge in [0.25, 0.3) is 11.8 Å². The summed E-state index contributed by atoms with van der Waals surface area (Å²) in [7, 11) is 0. The number of thiophene rings is 1.